The van der Waals surface area contributed by atoms with E-state index in [0.717, 1.165) is 20.9 Å². The molecule has 0 saturated carbocycles. The number of benzene rings is 3. The highest BCUT2D eigenvalue weighted by molar-refractivity contribution is 7.89. The van der Waals surface area contributed by atoms with Crippen molar-refractivity contribution in [2.75, 3.05) is 7.11 Å². The molecule has 0 amide bonds. The minimum atomic E-state index is -3.93. The lowest BCUT2D eigenvalue weighted by molar-refractivity contribution is 0.371. The van der Waals surface area contributed by atoms with Gasteiger partial charge in [0.1, 0.15) is 10.9 Å². The maximum atomic E-state index is 13.6. The zero-order valence-electron chi connectivity index (χ0n) is 17.7. The van der Waals surface area contributed by atoms with Gasteiger partial charge in [-0.2, -0.15) is 17.9 Å². The average molecular weight is 478 g/mol. The molecule has 4 aromatic rings. The SMILES string of the molecule is COc1cccc(C2=NN(S(=O)(=O)c3ccccc3)[C@H](c3cc4ccccc4nc3Cl)C2)c1. The summed E-state index contributed by atoms with van der Waals surface area (Å²) in [5.41, 5.74) is 2.77. The Morgan fingerprint density at radius 3 is 2.52 bits per heavy atom. The fourth-order valence-corrected chi connectivity index (χ4v) is 5.68. The number of fused-ring (bicyclic) bond motifs is 1. The topological polar surface area (TPSA) is 71.9 Å². The Morgan fingerprint density at radius 2 is 1.73 bits per heavy atom. The van der Waals surface area contributed by atoms with Crippen LogP contribution in [0.25, 0.3) is 10.9 Å². The number of ether oxygens (including phenoxy) is 1. The largest absolute Gasteiger partial charge is 0.497 e. The van der Waals surface area contributed by atoms with Gasteiger partial charge in [-0.05, 0) is 36.4 Å². The number of hydrogen-bond donors (Lipinski definition) is 0. The molecule has 0 spiro atoms. The van der Waals surface area contributed by atoms with Crippen molar-refractivity contribution in [1.82, 2.24) is 9.40 Å². The molecule has 2 heterocycles. The van der Waals surface area contributed by atoms with Crippen LogP contribution >= 0.6 is 11.6 Å². The monoisotopic (exact) mass is 477 g/mol. The summed E-state index contributed by atoms with van der Waals surface area (Å²) in [7, 11) is -2.35. The van der Waals surface area contributed by atoms with Gasteiger partial charge < -0.3 is 4.74 Å². The van der Waals surface area contributed by atoms with Crippen LogP contribution in [-0.4, -0.2) is 30.6 Å². The Kier molecular flexibility index (Phi) is 5.52. The normalized spacial score (nSPS) is 16.1. The molecule has 33 heavy (non-hydrogen) atoms. The summed E-state index contributed by atoms with van der Waals surface area (Å²) in [4.78, 5) is 4.67. The summed E-state index contributed by atoms with van der Waals surface area (Å²) in [5, 5.41) is 5.72. The summed E-state index contributed by atoms with van der Waals surface area (Å²) >= 11 is 6.58. The number of pyridine rings is 1. The zero-order valence-corrected chi connectivity index (χ0v) is 19.3. The highest BCUT2D eigenvalue weighted by Gasteiger charge is 2.39. The lowest BCUT2D eigenvalue weighted by Gasteiger charge is -2.24. The maximum absolute atomic E-state index is 13.6. The Morgan fingerprint density at radius 1 is 0.970 bits per heavy atom. The van der Waals surface area contributed by atoms with Crippen molar-refractivity contribution in [2.24, 2.45) is 5.10 Å². The number of hydrazone groups is 1. The summed E-state index contributed by atoms with van der Waals surface area (Å²) in [6, 6.07) is 24.5. The second-order valence-electron chi connectivity index (χ2n) is 7.65. The molecule has 0 saturated heterocycles. The summed E-state index contributed by atoms with van der Waals surface area (Å²) in [6.07, 6.45) is 0.346. The summed E-state index contributed by atoms with van der Waals surface area (Å²) < 4.78 is 33.7. The van der Waals surface area contributed by atoms with E-state index in [1.165, 1.54) is 0 Å². The second kappa shape index (κ2) is 8.50. The van der Waals surface area contributed by atoms with Crippen LogP contribution in [0.4, 0.5) is 0 Å². The van der Waals surface area contributed by atoms with Crippen molar-refractivity contribution < 1.29 is 13.2 Å². The molecule has 166 valence electrons. The molecule has 0 aliphatic carbocycles. The van der Waals surface area contributed by atoms with E-state index < -0.39 is 16.1 Å². The highest BCUT2D eigenvalue weighted by atomic mass is 35.5. The number of sulfonamides is 1. The Labute approximate surface area is 197 Å². The van der Waals surface area contributed by atoms with Gasteiger partial charge in [-0.15, -0.1) is 0 Å². The van der Waals surface area contributed by atoms with E-state index in [9.17, 15) is 8.42 Å². The quantitative estimate of drug-likeness (QED) is 0.359. The van der Waals surface area contributed by atoms with Gasteiger partial charge in [-0.25, -0.2) is 4.98 Å². The van der Waals surface area contributed by atoms with E-state index in [1.54, 1.807) is 37.4 Å². The Hall–Kier alpha value is -3.42. The van der Waals surface area contributed by atoms with E-state index in [0.29, 0.717) is 23.4 Å². The third kappa shape index (κ3) is 3.94. The lowest BCUT2D eigenvalue weighted by Crippen LogP contribution is -2.27. The number of hydrogen-bond acceptors (Lipinski definition) is 5. The first-order valence-corrected chi connectivity index (χ1v) is 12.2. The van der Waals surface area contributed by atoms with E-state index in [4.69, 9.17) is 16.3 Å². The molecule has 3 aromatic carbocycles. The van der Waals surface area contributed by atoms with Gasteiger partial charge >= 0.3 is 0 Å². The molecule has 5 rings (SSSR count). The number of nitrogens with zero attached hydrogens (tertiary/aromatic N) is 3. The molecule has 0 unspecified atom stereocenters. The van der Waals surface area contributed by atoms with Crippen LogP contribution < -0.4 is 4.74 Å². The van der Waals surface area contributed by atoms with Crippen LogP contribution in [-0.2, 0) is 10.0 Å². The van der Waals surface area contributed by atoms with Gasteiger partial charge in [-0.3, -0.25) is 0 Å². The minimum Gasteiger partial charge on any atom is -0.497 e. The summed E-state index contributed by atoms with van der Waals surface area (Å²) in [6.45, 7) is 0. The first-order chi connectivity index (χ1) is 16.0. The van der Waals surface area contributed by atoms with Crippen molar-refractivity contribution in [3.8, 4) is 5.75 Å². The fraction of sp³-hybridized carbons (Fsp3) is 0.120. The van der Waals surface area contributed by atoms with Gasteiger partial charge in [0.25, 0.3) is 10.0 Å². The second-order valence-corrected chi connectivity index (χ2v) is 9.80. The molecule has 8 heteroatoms. The molecule has 1 atom stereocenters. The zero-order chi connectivity index (χ0) is 23.0. The van der Waals surface area contributed by atoms with Gasteiger partial charge in [0.05, 0.1) is 29.3 Å². The highest BCUT2D eigenvalue weighted by Crippen LogP contribution is 2.40. The standard InChI is InChI=1S/C25H20ClN3O3S/c1-32-19-10-7-9-17(14-19)23-16-24(21-15-18-8-5-6-13-22(18)27-25(21)26)29(28-23)33(30,31)20-11-3-2-4-12-20/h2-15,24H,16H2,1H3/t24-/m0/s1. The van der Waals surface area contributed by atoms with Crippen molar-refractivity contribution in [1.29, 1.82) is 0 Å². The Balaban J connectivity index is 1.66. The maximum Gasteiger partial charge on any atom is 0.279 e. The average Bonchev–Trinajstić information content (AvgIpc) is 3.30. The minimum absolute atomic E-state index is 0.163. The van der Waals surface area contributed by atoms with Crippen molar-refractivity contribution in [3.63, 3.8) is 0 Å². The third-order valence-electron chi connectivity index (χ3n) is 5.63. The molecule has 0 radical (unpaired) electrons. The molecular weight excluding hydrogens is 458 g/mol. The van der Waals surface area contributed by atoms with Crippen LogP contribution in [0.5, 0.6) is 5.75 Å². The van der Waals surface area contributed by atoms with E-state index in [2.05, 4.69) is 10.1 Å². The van der Waals surface area contributed by atoms with Crippen LogP contribution in [0.3, 0.4) is 0 Å². The van der Waals surface area contributed by atoms with Crippen molar-refractivity contribution in [3.05, 3.63) is 101 Å². The summed E-state index contributed by atoms with van der Waals surface area (Å²) in [5.74, 6) is 0.668. The van der Waals surface area contributed by atoms with Gasteiger partial charge in [0.2, 0.25) is 0 Å². The van der Waals surface area contributed by atoms with Crippen molar-refractivity contribution >= 4 is 38.2 Å². The van der Waals surface area contributed by atoms with Gasteiger partial charge in [0, 0.05) is 22.9 Å². The van der Waals surface area contributed by atoms with Gasteiger partial charge in [-0.1, -0.05) is 60.1 Å². The predicted octanol–water partition coefficient (Wildman–Crippen LogP) is 5.44. The van der Waals surface area contributed by atoms with Crippen LogP contribution in [0, 0.1) is 0 Å². The molecule has 6 nitrogen and oxygen atoms in total. The lowest BCUT2D eigenvalue weighted by atomic mass is 9.99. The number of para-hydroxylation sites is 1. The number of aromatic nitrogens is 1. The molecule has 0 N–H and O–H groups in total. The first-order valence-electron chi connectivity index (χ1n) is 10.3. The third-order valence-corrected chi connectivity index (χ3v) is 7.63. The molecule has 0 fully saturated rings. The number of methoxy groups -OCH3 is 1. The fourth-order valence-electron chi connectivity index (χ4n) is 3.96. The number of rotatable bonds is 5. The molecule has 1 aliphatic heterocycles. The van der Waals surface area contributed by atoms with E-state index >= 15 is 0 Å². The van der Waals surface area contributed by atoms with Crippen LogP contribution in [0.15, 0.2) is 94.9 Å². The van der Waals surface area contributed by atoms with Crippen molar-refractivity contribution in [2.45, 2.75) is 17.4 Å². The van der Waals surface area contributed by atoms with E-state index in [1.807, 2.05) is 54.6 Å². The molecular formula is C25H20ClN3O3S. The van der Waals surface area contributed by atoms with Crippen LogP contribution in [0.2, 0.25) is 5.15 Å². The molecule has 1 aromatic heterocycles. The molecule has 0 bridgehead atoms. The first kappa shape index (κ1) is 21.4. The van der Waals surface area contributed by atoms with E-state index in [-0.39, 0.29) is 10.0 Å². The smallest absolute Gasteiger partial charge is 0.279 e. The Bertz CT molecular complexity index is 1470. The van der Waals surface area contributed by atoms with Gasteiger partial charge in [0.15, 0.2) is 0 Å². The number of halogens is 1. The predicted molar refractivity (Wildman–Crippen MR) is 129 cm³/mol. The molecule has 1 aliphatic rings. The van der Waals surface area contributed by atoms with Crippen LogP contribution in [0.1, 0.15) is 23.6 Å².